The number of halogens is 1. The number of aliphatic imine (C=N–C) groups is 1. The van der Waals surface area contributed by atoms with E-state index < -0.39 is 5.97 Å². The Morgan fingerprint density at radius 3 is 2.54 bits per heavy atom. The van der Waals surface area contributed by atoms with Crippen LogP contribution in [0.4, 0.5) is 11.9 Å². The summed E-state index contributed by atoms with van der Waals surface area (Å²) in [5.41, 5.74) is 0.0545. The van der Waals surface area contributed by atoms with Gasteiger partial charge in [0.15, 0.2) is 0 Å². The highest BCUT2D eigenvalue weighted by molar-refractivity contribution is 6.28. The van der Waals surface area contributed by atoms with Crippen molar-refractivity contribution in [1.29, 1.82) is 0 Å². The van der Waals surface area contributed by atoms with Crippen LogP contribution in [-0.4, -0.2) is 62.8 Å². The topological polar surface area (TPSA) is 92.6 Å². The summed E-state index contributed by atoms with van der Waals surface area (Å²) in [6, 6.07) is 0.176. The molecule has 28 heavy (non-hydrogen) atoms. The van der Waals surface area contributed by atoms with Crippen molar-refractivity contribution in [2.75, 3.05) is 19.0 Å². The molecular formula is C19H31ClN6O2. The molecule has 1 aromatic heterocycles. The van der Waals surface area contributed by atoms with Crippen molar-refractivity contribution in [3.05, 3.63) is 5.28 Å². The average Bonchev–Trinajstić information content (AvgIpc) is 2.57. The van der Waals surface area contributed by atoms with Gasteiger partial charge in [0.25, 0.3) is 5.95 Å². The molecule has 0 spiro atoms. The van der Waals surface area contributed by atoms with Crippen molar-refractivity contribution >= 4 is 35.7 Å². The number of carbonyl (C=O) groups excluding carboxylic acids is 1. The number of unbranched alkanes of at least 4 members (excludes halogenated alkanes) is 1. The molecule has 8 nitrogen and oxygen atoms in total. The summed E-state index contributed by atoms with van der Waals surface area (Å²) in [7, 11) is 2.16. The first-order valence-corrected chi connectivity index (χ1v) is 10.0. The van der Waals surface area contributed by atoms with Gasteiger partial charge in [0.2, 0.25) is 11.2 Å². The molecule has 1 aliphatic rings. The first-order valence-electron chi connectivity index (χ1n) is 9.66. The van der Waals surface area contributed by atoms with Gasteiger partial charge in [-0.15, -0.1) is 0 Å². The number of ether oxygens (including phenoxy) is 1. The number of hydrogen-bond donors (Lipinski definition) is 1. The normalized spacial score (nSPS) is 19.7. The van der Waals surface area contributed by atoms with Crippen LogP contribution in [0.5, 0.6) is 0 Å². The molecule has 156 valence electrons. The lowest BCUT2D eigenvalue weighted by molar-refractivity contribution is -0.135. The van der Waals surface area contributed by atoms with Crippen LogP contribution in [0.25, 0.3) is 0 Å². The van der Waals surface area contributed by atoms with Gasteiger partial charge < -0.3 is 10.1 Å². The molecule has 0 radical (unpaired) electrons. The Morgan fingerprint density at radius 1 is 1.29 bits per heavy atom. The Balaban J connectivity index is 2.08. The van der Waals surface area contributed by atoms with Gasteiger partial charge >= 0.3 is 5.97 Å². The number of anilines is 1. The molecule has 1 saturated heterocycles. The van der Waals surface area contributed by atoms with E-state index >= 15 is 0 Å². The summed E-state index contributed by atoms with van der Waals surface area (Å²) >= 11 is 6.02. The van der Waals surface area contributed by atoms with E-state index in [2.05, 4.69) is 64.9 Å². The zero-order chi connectivity index (χ0) is 20.9. The minimum Gasteiger partial charge on any atom is -0.461 e. The SMILES string of the molecule is CCCCOC(=O)C=Nc1nc(Cl)nc(NC2CC(C)(C)N(C)C(C)(C)C2)n1. The predicted molar refractivity (Wildman–Crippen MR) is 111 cm³/mol. The van der Waals surface area contributed by atoms with Crippen LogP contribution < -0.4 is 5.32 Å². The third-order valence-corrected chi connectivity index (χ3v) is 5.43. The Hall–Kier alpha value is -1.80. The van der Waals surface area contributed by atoms with E-state index in [1.54, 1.807) is 0 Å². The summed E-state index contributed by atoms with van der Waals surface area (Å²) in [5.74, 6) is -0.104. The van der Waals surface area contributed by atoms with Crippen molar-refractivity contribution in [2.45, 2.75) is 77.4 Å². The van der Waals surface area contributed by atoms with Crippen molar-refractivity contribution in [3.8, 4) is 0 Å². The molecule has 0 unspecified atom stereocenters. The van der Waals surface area contributed by atoms with Crippen LogP contribution in [0.2, 0.25) is 5.28 Å². The Labute approximate surface area is 172 Å². The van der Waals surface area contributed by atoms with Crippen molar-refractivity contribution in [1.82, 2.24) is 19.9 Å². The highest BCUT2D eigenvalue weighted by Crippen LogP contribution is 2.37. The number of likely N-dealkylation sites (tertiary alicyclic amines) is 1. The van der Waals surface area contributed by atoms with Gasteiger partial charge in [-0.25, -0.2) is 9.79 Å². The fourth-order valence-electron chi connectivity index (χ4n) is 3.58. The fourth-order valence-corrected chi connectivity index (χ4v) is 3.74. The Morgan fingerprint density at radius 2 is 1.93 bits per heavy atom. The lowest BCUT2D eigenvalue weighted by Crippen LogP contribution is -2.61. The second-order valence-electron chi connectivity index (χ2n) is 8.44. The maximum atomic E-state index is 11.7. The summed E-state index contributed by atoms with van der Waals surface area (Å²) < 4.78 is 5.03. The van der Waals surface area contributed by atoms with Crippen LogP contribution in [-0.2, 0) is 9.53 Å². The molecule has 1 aliphatic heterocycles. The van der Waals surface area contributed by atoms with Gasteiger partial charge in [-0.2, -0.15) is 15.0 Å². The third-order valence-electron chi connectivity index (χ3n) is 5.27. The molecule has 1 N–H and O–H groups in total. The molecule has 1 aromatic rings. The molecule has 9 heteroatoms. The van der Waals surface area contributed by atoms with Gasteiger partial charge in [-0.3, -0.25) is 4.90 Å². The zero-order valence-electron chi connectivity index (χ0n) is 17.6. The number of piperidine rings is 1. The maximum absolute atomic E-state index is 11.7. The van der Waals surface area contributed by atoms with Crippen molar-refractivity contribution in [3.63, 3.8) is 0 Å². The average molecular weight is 411 g/mol. The first kappa shape index (κ1) is 22.5. The molecule has 0 atom stereocenters. The Kier molecular flexibility index (Phi) is 7.33. The lowest BCUT2D eigenvalue weighted by atomic mass is 9.77. The van der Waals surface area contributed by atoms with E-state index in [0.717, 1.165) is 31.9 Å². The minimum atomic E-state index is -0.529. The van der Waals surface area contributed by atoms with Crippen LogP contribution in [0, 0.1) is 0 Å². The number of esters is 1. The summed E-state index contributed by atoms with van der Waals surface area (Å²) in [6.45, 7) is 11.3. The lowest BCUT2D eigenvalue weighted by Gasteiger charge is -2.53. The zero-order valence-corrected chi connectivity index (χ0v) is 18.4. The number of aromatic nitrogens is 3. The number of hydrogen-bond acceptors (Lipinski definition) is 8. The summed E-state index contributed by atoms with van der Waals surface area (Å²) in [4.78, 5) is 30.4. The van der Waals surface area contributed by atoms with E-state index in [-0.39, 0.29) is 28.4 Å². The van der Waals surface area contributed by atoms with Gasteiger partial charge in [0, 0.05) is 17.1 Å². The monoisotopic (exact) mass is 410 g/mol. The van der Waals surface area contributed by atoms with Gasteiger partial charge in [0.05, 0.1) is 6.61 Å². The van der Waals surface area contributed by atoms with E-state index in [9.17, 15) is 4.79 Å². The van der Waals surface area contributed by atoms with Crippen molar-refractivity contribution in [2.24, 2.45) is 4.99 Å². The van der Waals surface area contributed by atoms with Crippen LogP contribution in [0.3, 0.4) is 0 Å². The standard InChI is InChI=1S/C19H31ClN6O2/c1-7-8-9-28-14(27)12-21-16-23-15(20)24-17(25-16)22-13-10-18(2,3)26(6)19(4,5)11-13/h12-13H,7-11H2,1-6H3,(H,22,23,24,25). The number of nitrogens with zero attached hydrogens (tertiary/aromatic N) is 5. The molecule has 0 aliphatic carbocycles. The van der Waals surface area contributed by atoms with E-state index in [1.807, 2.05) is 6.92 Å². The van der Waals surface area contributed by atoms with E-state index in [0.29, 0.717) is 12.6 Å². The van der Waals surface area contributed by atoms with Gasteiger partial charge in [-0.05, 0) is 65.6 Å². The fraction of sp³-hybridized carbons (Fsp3) is 0.737. The highest BCUT2D eigenvalue weighted by Gasteiger charge is 2.43. The molecule has 2 rings (SSSR count). The third kappa shape index (κ3) is 6.10. The number of carbonyl (C=O) groups is 1. The van der Waals surface area contributed by atoms with E-state index in [4.69, 9.17) is 16.3 Å². The molecule has 0 bridgehead atoms. The summed E-state index contributed by atoms with van der Waals surface area (Å²) in [5, 5.41) is 3.38. The van der Waals surface area contributed by atoms with E-state index in [1.165, 1.54) is 0 Å². The van der Waals surface area contributed by atoms with Gasteiger partial charge in [-0.1, -0.05) is 13.3 Å². The van der Waals surface area contributed by atoms with Crippen molar-refractivity contribution < 1.29 is 9.53 Å². The Bertz CT molecular complexity index is 704. The molecule has 0 amide bonds. The molecule has 1 fully saturated rings. The largest absolute Gasteiger partial charge is 0.461 e. The van der Waals surface area contributed by atoms with Gasteiger partial charge in [0.1, 0.15) is 6.21 Å². The second kappa shape index (κ2) is 9.13. The smallest absolute Gasteiger partial charge is 0.349 e. The number of nitrogens with one attached hydrogen (secondary N) is 1. The highest BCUT2D eigenvalue weighted by atomic mass is 35.5. The first-order chi connectivity index (χ1) is 13.0. The number of rotatable bonds is 7. The molecule has 0 aromatic carbocycles. The van der Waals surface area contributed by atoms with Crippen LogP contribution in [0.1, 0.15) is 60.3 Å². The maximum Gasteiger partial charge on any atom is 0.349 e. The predicted octanol–water partition coefficient (Wildman–Crippen LogP) is 3.63. The molecule has 2 heterocycles. The van der Waals surface area contributed by atoms with Crippen LogP contribution in [0.15, 0.2) is 4.99 Å². The quantitative estimate of drug-likeness (QED) is 0.416. The molecular weight excluding hydrogens is 380 g/mol. The van der Waals surface area contributed by atoms with Crippen LogP contribution >= 0.6 is 11.6 Å². The molecule has 0 saturated carbocycles. The second-order valence-corrected chi connectivity index (χ2v) is 8.78. The minimum absolute atomic E-state index is 0.0236. The summed E-state index contributed by atoms with van der Waals surface area (Å²) in [6.07, 6.45) is 4.69.